The van der Waals surface area contributed by atoms with Crippen molar-refractivity contribution in [1.29, 1.82) is 0 Å². The van der Waals surface area contributed by atoms with Gasteiger partial charge in [0.1, 0.15) is 6.33 Å². The molecule has 3 rings (SSSR count). The van der Waals surface area contributed by atoms with E-state index in [1.54, 1.807) is 12.5 Å². The molecule has 3 aromatic rings. The van der Waals surface area contributed by atoms with Gasteiger partial charge in [-0.2, -0.15) is 0 Å². The zero-order valence-electron chi connectivity index (χ0n) is 6.27. The highest BCUT2D eigenvalue weighted by atomic mass is 16.3. The molecule has 2 heterocycles. The Morgan fingerprint density at radius 3 is 3.17 bits per heavy atom. The van der Waals surface area contributed by atoms with Gasteiger partial charge < -0.3 is 4.42 Å². The van der Waals surface area contributed by atoms with Gasteiger partial charge in [-0.3, -0.25) is 4.40 Å². The molecule has 0 spiro atoms. The fourth-order valence-electron chi connectivity index (χ4n) is 1.39. The summed E-state index contributed by atoms with van der Waals surface area (Å²) >= 11 is 0. The second-order valence-corrected chi connectivity index (χ2v) is 2.67. The Balaban J connectivity index is 2.68. The molecule has 0 bridgehead atoms. The molecule has 0 aliphatic heterocycles. The standard InChI is InChI=1S/C9H6N2O/c1-2-4-8-7(3-1)11-6-10-5-9(11)12-8/h1-6H. The van der Waals surface area contributed by atoms with Crippen LogP contribution in [0.3, 0.4) is 0 Å². The number of hydrogen-bond donors (Lipinski definition) is 0. The first-order valence-electron chi connectivity index (χ1n) is 3.75. The van der Waals surface area contributed by atoms with Crippen molar-refractivity contribution in [3.63, 3.8) is 0 Å². The summed E-state index contributed by atoms with van der Waals surface area (Å²) in [6.45, 7) is 0. The van der Waals surface area contributed by atoms with Crippen LogP contribution in [0.5, 0.6) is 0 Å². The number of rotatable bonds is 0. The van der Waals surface area contributed by atoms with E-state index in [2.05, 4.69) is 4.98 Å². The van der Waals surface area contributed by atoms with Crippen LogP contribution in [0.15, 0.2) is 41.2 Å². The minimum Gasteiger partial charge on any atom is -0.437 e. The lowest BCUT2D eigenvalue weighted by Gasteiger charge is -1.84. The number of imidazole rings is 1. The van der Waals surface area contributed by atoms with E-state index in [0.29, 0.717) is 0 Å². The summed E-state index contributed by atoms with van der Waals surface area (Å²) < 4.78 is 7.42. The third kappa shape index (κ3) is 0.580. The number of fused-ring (bicyclic) bond motifs is 3. The van der Waals surface area contributed by atoms with E-state index in [0.717, 1.165) is 16.8 Å². The maximum Gasteiger partial charge on any atom is 0.224 e. The molecule has 0 radical (unpaired) electrons. The molecule has 1 aromatic carbocycles. The van der Waals surface area contributed by atoms with Crippen molar-refractivity contribution in [3.8, 4) is 0 Å². The summed E-state index contributed by atoms with van der Waals surface area (Å²) in [5.74, 6) is 0. The van der Waals surface area contributed by atoms with Gasteiger partial charge in [-0.15, -0.1) is 0 Å². The molecule has 0 saturated heterocycles. The Hall–Kier alpha value is -1.77. The van der Waals surface area contributed by atoms with Crippen molar-refractivity contribution in [2.45, 2.75) is 0 Å². The highest BCUT2D eigenvalue weighted by molar-refractivity contribution is 5.76. The topological polar surface area (TPSA) is 30.4 Å². The Labute approximate surface area is 68.2 Å². The third-order valence-electron chi connectivity index (χ3n) is 1.94. The summed E-state index contributed by atoms with van der Waals surface area (Å²) in [5, 5.41) is 0. The molecule has 0 aliphatic carbocycles. The quantitative estimate of drug-likeness (QED) is 0.501. The van der Waals surface area contributed by atoms with Gasteiger partial charge >= 0.3 is 0 Å². The van der Waals surface area contributed by atoms with Crippen LogP contribution in [-0.2, 0) is 0 Å². The number of hydrogen-bond acceptors (Lipinski definition) is 2. The third-order valence-corrected chi connectivity index (χ3v) is 1.94. The van der Waals surface area contributed by atoms with E-state index < -0.39 is 0 Å². The minimum absolute atomic E-state index is 0.788. The van der Waals surface area contributed by atoms with Crippen LogP contribution >= 0.6 is 0 Å². The van der Waals surface area contributed by atoms with E-state index in [-0.39, 0.29) is 0 Å². The lowest BCUT2D eigenvalue weighted by atomic mass is 10.3. The zero-order valence-corrected chi connectivity index (χ0v) is 6.27. The molecule has 0 saturated carbocycles. The number of aromatic nitrogens is 2. The first-order valence-corrected chi connectivity index (χ1v) is 3.75. The van der Waals surface area contributed by atoms with Crippen molar-refractivity contribution in [3.05, 3.63) is 36.8 Å². The van der Waals surface area contributed by atoms with Gasteiger partial charge in [-0.25, -0.2) is 4.98 Å². The highest BCUT2D eigenvalue weighted by Crippen LogP contribution is 2.18. The second-order valence-electron chi connectivity index (χ2n) is 2.67. The zero-order chi connectivity index (χ0) is 7.97. The van der Waals surface area contributed by atoms with E-state index in [1.165, 1.54) is 0 Å². The summed E-state index contributed by atoms with van der Waals surface area (Å²) in [7, 11) is 0. The van der Waals surface area contributed by atoms with Crippen LogP contribution in [0.2, 0.25) is 0 Å². The fraction of sp³-hybridized carbons (Fsp3) is 0. The Morgan fingerprint density at radius 1 is 1.25 bits per heavy atom. The smallest absolute Gasteiger partial charge is 0.224 e. The molecule has 58 valence electrons. The predicted molar refractivity (Wildman–Crippen MR) is 45.0 cm³/mol. The van der Waals surface area contributed by atoms with E-state index >= 15 is 0 Å². The fourth-order valence-corrected chi connectivity index (χ4v) is 1.39. The van der Waals surface area contributed by atoms with Crippen molar-refractivity contribution in [2.24, 2.45) is 0 Å². The molecule has 0 unspecified atom stereocenters. The number of para-hydroxylation sites is 2. The van der Waals surface area contributed by atoms with Gasteiger partial charge in [0.2, 0.25) is 5.71 Å². The van der Waals surface area contributed by atoms with Gasteiger partial charge in [-0.05, 0) is 12.1 Å². The molecule has 0 amide bonds. The average Bonchev–Trinajstić information content (AvgIpc) is 2.62. The molecule has 3 heteroatoms. The molecular formula is C9H6N2O. The monoisotopic (exact) mass is 158 g/mol. The molecule has 0 aliphatic rings. The predicted octanol–water partition coefficient (Wildman–Crippen LogP) is 2.08. The Bertz CT molecular complexity index is 534. The summed E-state index contributed by atoms with van der Waals surface area (Å²) in [6.07, 6.45) is 3.46. The van der Waals surface area contributed by atoms with Crippen LogP contribution < -0.4 is 0 Å². The van der Waals surface area contributed by atoms with Crippen molar-refractivity contribution in [2.75, 3.05) is 0 Å². The van der Waals surface area contributed by atoms with Gasteiger partial charge in [0.15, 0.2) is 5.58 Å². The van der Waals surface area contributed by atoms with E-state index in [1.807, 2.05) is 28.7 Å². The van der Waals surface area contributed by atoms with Crippen LogP contribution in [0.4, 0.5) is 0 Å². The number of nitrogens with zero attached hydrogens (tertiary/aromatic N) is 2. The number of oxazole rings is 1. The largest absolute Gasteiger partial charge is 0.437 e. The Kier molecular flexibility index (Phi) is 0.913. The summed E-state index contributed by atoms with van der Waals surface area (Å²) in [5.41, 5.74) is 2.75. The minimum atomic E-state index is 0.788. The average molecular weight is 158 g/mol. The second kappa shape index (κ2) is 1.88. The normalized spacial score (nSPS) is 11.3. The molecular weight excluding hydrogens is 152 g/mol. The summed E-state index contributed by atoms with van der Waals surface area (Å²) in [6, 6.07) is 7.89. The van der Waals surface area contributed by atoms with Crippen molar-refractivity contribution in [1.82, 2.24) is 9.38 Å². The molecule has 0 atom stereocenters. The van der Waals surface area contributed by atoms with E-state index in [4.69, 9.17) is 4.42 Å². The maximum absolute atomic E-state index is 5.49. The van der Waals surface area contributed by atoms with Crippen LogP contribution in [-0.4, -0.2) is 9.38 Å². The van der Waals surface area contributed by atoms with Gasteiger partial charge in [0.05, 0.1) is 11.7 Å². The van der Waals surface area contributed by atoms with Gasteiger partial charge in [-0.1, -0.05) is 12.1 Å². The first-order chi connectivity index (χ1) is 5.95. The molecule has 0 N–H and O–H groups in total. The van der Waals surface area contributed by atoms with E-state index in [9.17, 15) is 0 Å². The molecule has 3 nitrogen and oxygen atoms in total. The van der Waals surface area contributed by atoms with Gasteiger partial charge in [0.25, 0.3) is 0 Å². The van der Waals surface area contributed by atoms with Crippen LogP contribution in [0.25, 0.3) is 16.8 Å². The summed E-state index contributed by atoms with van der Waals surface area (Å²) in [4.78, 5) is 3.98. The Morgan fingerprint density at radius 2 is 2.17 bits per heavy atom. The lowest BCUT2D eigenvalue weighted by Crippen LogP contribution is -1.74. The van der Waals surface area contributed by atoms with Crippen LogP contribution in [0, 0.1) is 0 Å². The maximum atomic E-state index is 5.49. The molecule has 0 fully saturated rings. The molecule has 2 aromatic heterocycles. The van der Waals surface area contributed by atoms with Crippen molar-refractivity contribution < 1.29 is 4.42 Å². The van der Waals surface area contributed by atoms with Crippen LogP contribution in [0.1, 0.15) is 0 Å². The number of benzene rings is 1. The molecule has 12 heavy (non-hydrogen) atoms. The highest BCUT2D eigenvalue weighted by Gasteiger charge is 2.03. The van der Waals surface area contributed by atoms with Gasteiger partial charge in [0, 0.05) is 0 Å². The lowest BCUT2D eigenvalue weighted by molar-refractivity contribution is 0.656. The van der Waals surface area contributed by atoms with Crippen molar-refractivity contribution >= 4 is 16.8 Å². The SMILES string of the molecule is c1ccc2c(c1)oc1cncn12. The first kappa shape index (κ1) is 5.83.